The molecule has 1 aliphatic heterocycles. The van der Waals surface area contributed by atoms with E-state index in [9.17, 15) is 9.59 Å². The number of ether oxygens (including phenoxy) is 1. The Balaban J connectivity index is 1.63. The number of benzene rings is 1. The molecule has 1 heterocycles. The molecule has 2 aliphatic rings. The van der Waals surface area contributed by atoms with E-state index in [1.54, 1.807) is 12.0 Å². The number of para-hydroxylation sites is 2. The molecule has 24 heavy (non-hydrogen) atoms. The van der Waals surface area contributed by atoms with Crippen molar-refractivity contribution < 1.29 is 14.3 Å². The zero-order chi connectivity index (χ0) is 17.1. The van der Waals surface area contributed by atoms with Crippen LogP contribution in [-0.4, -0.2) is 31.5 Å². The number of nitrogens with one attached hydrogen (secondary N) is 1. The van der Waals surface area contributed by atoms with Crippen LogP contribution in [0.5, 0.6) is 5.75 Å². The maximum Gasteiger partial charge on any atom is 0.227 e. The second-order valence-corrected chi connectivity index (χ2v) is 7.04. The molecule has 1 aromatic rings. The molecule has 5 nitrogen and oxygen atoms in total. The summed E-state index contributed by atoms with van der Waals surface area (Å²) in [6, 6.07) is 7.71. The van der Waals surface area contributed by atoms with Crippen molar-refractivity contribution in [1.82, 2.24) is 5.32 Å². The predicted molar refractivity (Wildman–Crippen MR) is 93.0 cm³/mol. The second kappa shape index (κ2) is 7.24. The number of carbonyl (C=O) groups is 2. The summed E-state index contributed by atoms with van der Waals surface area (Å²) < 4.78 is 5.34. The van der Waals surface area contributed by atoms with Crippen LogP contribution in [0.3, 0.4) is 0 Å². The summed E-state index contributed by atoms with van der Waals surface area (Å²) in [6.07, 6.45) is 4.70. The van der Waals surface area contributed by atoms with Crippen molar-refractivity contribution in [3.63, 3.8) is 0 Å². The van der Waals surface area contributed by atoms with Gasteiger partial charge in [0.25, 0.3) is 0 Å². The van der Waals surface area contributed by atoms with Crippen LogP contribution in [0.4, 0.5) is 5.69 Å². The van der Waals surface area contributed by atoms with Gasteiger partial charge in [0, 0.05) is 19.0 Å². The Morgan fingerprint density at radius 1 is 1.21 bits per heavy atom. The third-order valence-electron chi connectivity index (χ3n) is 5.23. The largest absolute Gasteiger partial charge is 0.495 e. The fourth-order valence-corrected chi connectivity index (χ4v) is 3.69. The Hall–Kier alpha value is -2.04. The van der Waals surface area contributed by atoms with Crippen molar-refractivity contribution in [1.29, 1.82) is 0 Å². The smallest absolute Gasteiger partial charge is 0.227 e. The predicted octanol–water partition coefficient (Wildman–Crippen LogP) is 2.74. The highest BCUT2D eigenvalue weighted by Gasteiger charge is 2.37. The molecule has 1 aliphatic carbocycles. The van der Waals surface area contributed by atoms with Crippen molar-refractivity contribution in [3.05, 3.63) is 24.3 Å². The Labute approximate surface area is 143 Å². The summed E-state index contributed by atoms with van der Waals surface area (Å²) >= 11 is 0. The van der Waals surface area contributed by atoms with Gasteiger partial charge in [-0.2, -0.15) is 0 Å². The number of anilines is 1. The molecule has 1 aromatic carbocycles. The van der Waals surface area contributed by atoms with Crippen LogP contribution in [-0.2, 0) is 9.59 Å². The Morgan fingerprint density at radius 3 is 2.62 bits per heavy atom. The van der Waals surface area contributed by atoms with Gasteiger partial charge in [-0.1, -0.05) is 19.1 Å². The van der Waals surface area contributed by atoms with Crippen molar-refractivity contribution in [2.75, 3.05) is 18.6 Å². The standard InChI is InChI=1S/C19H26N2O3/c1-13-7-9-15(10-8-13)20-19(23)14-11-18(22)21(12-14)16-5-3-4-6-17(16)24-2/h3-6,13-15H,7-12H2,1-2H3,(H,20,23). The van der Waals surface area contributed by atoms with Gasteiger partial charge in [0.05, 0.1) is 18.7 Å². The molecule has 2 fully saturated rings. The van der Waals surface area contributed by atoms with E-state index < -0.39 is 0 Å². The number of amides is 2. The van der Waals surface area contributed by atoms with Gasteiger partial charge < -0.3 is 15.0 Å². The van der Waals surface area contributed by atoms with E-state index in [0.717, 1.165) is 24.4 Å². The molecular weight excluding hydrogens is 304 g/mol. The van der Waals surface area contributed by atoms with Crippen LogP contribution in [0.1, 0.15) is 39.0 Å². The van der Waals surface area contributed by atoms with Crippen LogP contribution in [0.15, 0.2) is 24.3 Å². The SMILES string of the molecule is COc1ccccc1N1CC(C(=O)NC2CCC(C)CC2)CC1=O. The van der Waals surface area contributed by atoms with Gasteiger partial charge in [-0.15, -0.1) is 0 Å². The van der Waals surface area contributed by atoms with Gasteiger partial charge in [-0.3, -0.25) is 9.59 Å². The first-order valence-corrected chi connectivity index (χ1v) is 8.82. The Bertz CT molecular complexity index is 608. The first kappa shape index (κ1) is 16.8. The van der Waals surface area contributed by atoms with Crippen LogP contribution in [0.25, 0.3) is 0 Å². The molecule has 130 valence electrons. The maximum absolute atomic E-state index is 12.6. The topological polar surface area (TPSA) is 58.6 Å². The minimum absolute atomic E-state index is 0.0142. The summed E-state index contributed by atoms with van der Waals surface area (Å²) in [4.78, 5) is 26.6. The average molecular weight is 330 g/mol. The van der Waals surface area contributed by atoms with Crippen molar-refractivity contribution in [3.8, 4) is 5.75 Å². The number of hydrogen-bond donors (Lipinski definition) is 1. The van der Waals surface area contributed by atoms with E-state index in [0.29, 0.717) is 12.3 Å². The van der Waals surface area contributed by atoms with E-state index in [4.69, 9.17) is 4.74 Å². The molecule has 1 unspecified atom stereocenters. The molecule has 2 amide bonds. The van der Waals surface area contributed by atoms with Gasteiger partial charge >= 0.3 is 0 Å². The highest BCUT2D eigenvalue weighted by molar-refractivity contribution is 6.01. The number of methoxy groups -OCH3 is 1. The third kappa shape index (κ3) is 3.55. The highest BCUT2D eigenvalue weighted by atomic mass is 16.5. The van der Waals surface area contributed by atoms with Gasteiger partial charge in [0.15, 0.2) is 0 Å². The zero-order valence-corrected chi connectivity index (χ0v) is 14.5. The van der Waals surface area contributed by atoms with E-state index >= 15 is 0 Å². The van der Waals surface area contributed by atoms with Gasteiger partial charge in [-0.05, 0) is 43.7 Å². The summed E-state index contributed by atoms with van der Waals surface area (Å²) in [7, 11) is 1.59. The lowest BCUT2D eigenvalue weighted by Crippen LogP contribution is -2.41. The average Bonchev–Trinajstić information content (AvgIpc) is 2.98. The fourth-order valence-electron chi connectivity index (χ4n) is 3.69. The molecule has 0 spiro atoms. The quantitative estimate of drug-likeness (QED) is 0.923. The van der Waals surface area contributed by atoms with Crippen molar-refractivity contribution in [2.45, 2.75) is 45.1 Å². The number of carbonyl (C=O) groups excluding carboxylic acids is 2. The number of rotatable bonds is 4. The Morgan fingerprint density at radius 2 is 1.92 bits per heavy atom. The zero-order valence-electron chi connectivity index (χ0n) is 14.5. The van der Waals surface area contributed by atoms with Crippen LogP contribution in [0, 0.1) is 11.8 Å². The molecule has 3 rings (SSSR count). The summed E-state index contributed by atoms with van der Waals surface area (Å²) in [5.41, 5.74) is 0.742. The maximum atomic E-state index is 12.6. The van der Waals surface area contributed by atoms with Crippen LogP contribution < -0.4 is 15.0 Å². The monoisotopic (exact) mass is 330 g/mol. The minimum atomic E-state index is -0.276. The minimum Gasteiger partial charge on any atom is -0.495 e. The third-order valence-corrected chi connectivity index (χ3v) is 5.23. The first-order chi connectivity index (χ1) is 11.6. The van der Waals surface area contributed by atoms with Crippen LogP contribution in [0.2, 0.25) is 0 Å². The highest BCUT2D eigenvalue weighted by Crippen LogP contribution is 2.33. The molecule has 0 aromatic heterocycles. The summed E-state index contributed by atoms with van der Waals surface area (Å²) in [5.74, 6) is 1.14. The Kier molecular flexibility index (Phi) is 5.07. The normalized spacial score (nSPS) is 27.2. The molecule has 1 N–H and O–H groups in total. The molecule has 5 heteroatoms. The van der Waals surface area contributed by atoms with Crippen LogP contribution >= 0.6 is 0 Å². The van der Waals surface area contributed by atoms with E-state index in [2.05, 4.69) is 12.2 Å². The fraction of sp³-hybridized carbons (Fsp3) is 0.579. The van der Waals surface area contributed by atoms with Crippen molar-refractivity contribution >= 4 is 17.5 Å². The lowest BCUT2D eigenvalue weighted by atomic mass is 9.87. The van der Waals surface area contributed by atoms with E-state index in [-0.39, 0.29) is 30.2 Å². The number of nitrogens with zero attached hydrogens (tertiary/aromatic N) is 1. The first-order valence-electron chi connectivity index (χ1n) is 8.82. The number of hydrogen-bond acceptors (Lipinski definition) is 3. The molecule has 0 radical (unpaired) electrons. The molecule has 1 saturated heterocycles. The van der Waals surface area contributed by atoms with Gasteiger partial charge in [-0.25, -0.2) is 0 Å². The van der Waals surface area contributed by atoms with E-state index in [1.807, 2.05) is 24.3 Å². The van der Waals surface area contributed by atoms with E-state index in [1.165, 1.54) is 12.8 Å². The van der Waals surface area contributed by atoms with Gasteiger partial charge in [0.2, 0.25) is 11.8 Å². The lowest BCUT2D eigenvalue weighted by molar-refractivity contribution is -0.127. The summed E-state index contributed by atoms with van der Waals surface area (Å²) in [5, 5.41) is 3.15. The second-order valence-electron chi connectivity index (χ2n) is 7.04. The van der Waals surface area contributed by atoms with Gasteiger partial charge in [0.1, 0.15) is 5.75 Å². The summed E-state index contributed by atoms with van der Waals surface area (Å²) in [6.45, 7) is 2.69. The lowest BCUT2D eigenvalue weighted by Gasteiger charge is -2.27. The molecule has 1 saturated carbocycles. The molecule has 1 atom stereocenters. The molecule has 0 bridgehead atoms. The van der Waals surface area contributed by atoms with Crippen molar-refractivity contribution in [2.24, 2.45) is 11.8 Å². The molecular formula is C19H26N2O3.